The number of imide groups is 1. The normalized spacial score (nSPS) is 11.8. The molecule has 22 heavy (non-hydrogen) atoms. The number of hydrogen-bond donors (Lipinski definition) is 0. The van der Waals surface area contributed by atoms with Crippen LogP contribution in [0.4, 0.5) is 15.4 Å². The molecular weight excluding hydrogens is 284 g/mol. The molecule has 122 valence electrons. The van der Waals surface area contributed by atoms with Gasteiger partial charge in [0.25, 0.3) is 0 Å². The minimum atomic E-state index is -0.820. The largest absolute Gasteiger partial charge is 0.443 e. The lowest BCUT2D eigenvalue weighted by Gasteiger charge is -2.28. The average molecular weight is 308 g/mol. The quantitative estimate of drug-likeness (QED) is 0.782. The van der Waals surface area contributed by atoms with Gasteiger partial charge in [0.2, 0.25) is 0 Å². The molecule has 0 fully saturated rings. The van der Waals surface area contributed by atoms with Crippen LogP contribution < -0.4 is 4.90 Å². The van der Waals surface area contributed by atoms with Crippen molar-refractivity contribution < 1.29 is 19.1 Å². The second kappa shape index (κ2) is 6.34. The summed E-state index contributed by atoms with van der Waals surface area (Å²) in [6, 6.07) is 5.03. The zero-order valence-corrected chi connectivity index (χ0v) is 14.3. The van der Waals surface area contributed by atoms with Gasteiger partial charge in [-0.2, -0.15) is 4.90 Å². The summed E-state index contributed by atoms with van der Waals surface area (Å²) >= 11 is 0. The maximum Gasteiger partial charge on any atom is 0.425 e. The SMILES string of the molecule is Cc1cccc(N(C(=O)OC(C)(C)C)C(=O)OC(C)(C)C)n1. The number of anilines is 1. The van der Waals surface area contributed by atoms with Crippen molar-refractivity contribution in [3.05, 3.63) is 23.9 Å². The fraction of sp³-hybridized carbons (Fsp3) is 0.562. The van der Waals surface area contributed by atoms with Gasteiger partial charge in [-0.05, 0) is 60.6 Å². The molecule has 0 atom stereocenters. The van der Waals surface area contributed by atoms with Gasteiger partial charge in [0.05, 0.1) is 0 Å². The highest BCUT2D eigenvalue weighted by atomic mass is 16.6. The maximum atomic E-state index is 12.4. The molecule has 0 aliphatic heterocycles. The van der Waals surface area contributed by atoms with Crippen molar-refractivity contribution in [1.82, 2.24) is 4.98 Å². The first kappa shape index (κ1) is 17.9. The number of carbonyl (C=O) groups excluding carboxylic acids is 2. The number of ether oxygens (including phenoxy) is 2. The number of rotatable bonds is 1. The molecule has 0 aromatic carbocycles. The van der Waals surface area contributed by atoms with Crippen molar-refractivity contribution >= 4 is 18.0 Å². The molecule has 0 saturated carbocycles. The van der Waals surface area contributed by atoms with E-state index < -0.39 is 23.4 Å². The van der Waals surface area contributed by atoms with E-state index in [9.17, 15) is 9.59 Å². The highest BCUT2D eigenvalue weighted by molar-refractivity contribution is 6.08. The van der Waals surface area contributed by atoms with Crippen molar-refractivity contribution in [3.8, 4) is 0 Å². The van der Waals surface area contributed by atoms with Crippen LogP contribution in [0.2, 0.25) is 0 Å². The van der Waals surface area contributed by atoms with Crippen LogP contribution in [0.25, 0.3) is 0 Å². The third-order valence-electron chi connectivity index (χ3n) is 2.25. The Labute approximate surface area is 131 Å². The van der Waals surface area contributed by atoms with Gasteiger partial charge in [0.1, 0.15) is 17.0 Å². The van der Waals surface area contributed by atoms with E-state index in [4.69, 9.17) is 9.47 Å². The fourth-order valence-corrected chi connectivity index (χ4v) is 1.53. The van der Waals surface area contributed by atoms with Crippen LogP contribution in [0.15, 0.2) is 18.2 Å². The number of pyridine rings is 1. The van der Waals surface area contributed by atoms with Crippen molar-refractivity contribution in [2.45, 2.75) is 59.7 Å². The van der Waals surface area contributed by atoms with Crippen LogP contribution >= 0.6 is 0 Å². The number of hydrogen-bond acceptors (Lipinski definition) is 5. The molecule has 0 aliphatic carbocycles. The van der Waals surface area contributed by atoms with Crippen LogP contribution in [0, 0.1) is 6.92 Å². The smallest absolute Gasteiger partial charge is 0.425 e. The summed E-state index contributed by atoms with van der Waals surface area (Å²) in [5, 5.41) is 0. The lowest BCUT2D eigenvalue weighted by molar-refractivity contribution is 0.0429. The first-order valence-electron chi connectivity index (χ1n) is 7.09. The van der Waals surface area contributed by atoms with Gasteiger partial charge >= 0.3 is 12.2 Å². The van der Waals surface area contributed by atoms with Crippen molar-refractivity contribution in [1.29, 1.82) is 0 Å². The maximum absolute atomic E-state index is 12.4. The zero-order valence-electron chi connectivity index (χ0n) is 14.3. The molecule has 0 spiro atoms. The monoisotopic (exact) mass is 308 g/mol. The molecule has 2 amide bonds. The van der Waals surface area contributed by atoms with Crippen LogP contribution in [-0.2, 0) is 9.47 Å². The van der Waals surface area contributed by atoms with Gasteiger partial charge in [-0.15, -0.1) is 0 Å². The Morgan fingerprint density at radius 3 is 1.77 bits per heavy atom. The molecule has 1 aromatic heterocycles. The second-order valence-electron chi connectivity index (χ2n) is 6.93. The van der Waals surface area contributed by atoms with Gasteiger partial charge in [-0.25, -0.2) is 14.6 Å². The lowest BCUT2D eigenvalue weighted by Crippen LogP contribution is -2.44. The minimum absolute atomic E-state index is 0.170. The second-order valence-corrected chi connectivity index (χ2v) is 6.93. The summed E-state index contributed by atoms with van der Waals surface area (Å²) in [4.78, 5) is 29.7. The van der Waals surface area contributed by atoms with Gasteiger partial charge in [-0.1, -0.05) is 6.07 Å². The summed E-state index contributed by atoms with van der Waals surface area (Å²) in [5.74, 6) is 0.170. The molecule has 1 heterocycles. The highest BCUT2D eigenvalue weighted by Crippen LogP contribution is 2.20. The Hall–Kier alpha value is -2.11. The first-order chi connectivity index (χ1) is 9.89. The molecule has 0 bridgehead atoms. The molecule has 6 nitrogen and oxygen atoms in total. The number of amides is 2. The van der Waals surface area contributed by atoms with E-state index in [1.54, 1.807) is 66.7 Å². The Kier molecular flexibility index (Phi) is 5.17. The van der Waals surface area contributed by atoms with E-state index in [2.05, 4.69) is 4.98 Å². The van der Waals surface area contributed by atoms with Gasteiger partial charge < -0.3 is 9.47 Å². The van der Waals surface area contributed by atoms with E-state index in [1.165, 1.54) is 0 Å². The van der Waals surface area contributed by atoms with Gasteiger partial charge in [0, 0.05) is 5.69 Å². The number of aromatic nitrogens is 1. The van der Waals surface area contributed by atoms with E-state index in [0.29, 0.717) is 5.69 Å². The van der Waals surface area contributed by atoms with Gasteiger partial charge in [0.15, 0.2) is 0 Å². The number of carbonyl (C=O) groups is 2. The van der Waals surface area contributed by atoms with E-state index >= 15 is 0 Å². The molecule has 1 rings (SSSR count). The summed E-state index contributed by atoms with van der Waals surface area (Å²) in [6.45, 7) is 12.1. The number of aryl methyl sites for hydroxylation is 1. The topological polar surface area (TPSA) is 68.7 Å². The standard InChI is InChI=1S/C16H24N2O4/c1-11-9-8-10-12(17-11)18(13(19)21-15(2,3)4)14(20)22-16(5,6)7/h8-10H,1-7H3. The molecule has 6 heteroatoms. The fourth-order valence-electron chi connectivity index (χ4n) is 1.53. The third kappa shape index (κ3) is 5.71. The zero-order chi connectivity index (χ0) is 17.1. The van der Waals surface area contributed by atoms with E-state index in [1.807, 2.05) is 0 Å². The lowest BCUT2D eigenvalue weighted by atomic mass is 10.2. The molecule has 0 aliphatic rings. The Balaban J connectivity index is 3.15. The van der Waals surface area contributed by atoms with Gasteiger partial charge in [-0.3, -0.25) is 0 Å². The average Bonchev–Trinajstić information content (AvgIpc) is 2.23. The van der Waals surface area contributed by atoms with Crippen LogP contribution in [0.1, 0.15) is 47.2 Å². The summed E-state index contributed by atoms with van der Waals surface area (Å²) < 4.78 is 10.6. The minimum Gasteiger partial charge on any atom is -0.443 e. The summed E-state index contributed by atoms with van der Waals surface area (Å²) in [7, 11) is 0. The van der Waals surface area contributed by atoms with Crippen LogP contribution in [-0.4, -0.2) is 28.4 Å². The Bertz CT molecular complexity index is 528. The predicted molar refractivity (Wildman–Crippen MR) is 83.9 cm³/mol. The Morgan fingerprint density at radius 1 is 0.955 bits per heavy atom. The summed E-state index contributed by atoms with van der Waals surface area (Å²) in [6.07, 6.45) is -1.64. The highest BCUT2D eigenvalue weighted by Gasteiger charge is 2.33. The van der Waals surface area contributed by atoms with Crippen molar-refractivity contribution in [2.75, 3.05) is 4.90 Å². The van der Waals surface area contributed by atoms with Crippen molar-refractivity contribution in [2.24, 2.45) is 0 Å². The molecule has 1 aromatic rings. The molecule has 0 radical (unpaired) electrons. The number of nitrogens with zero attached hydrogens (tertiary/aromatic N) is 2. The molecular formula is C16H24N2O4. The third-order valence-corrected chi connectivity index (χ3v) is 2.25. The van der Waals surface area contributed by atoms with E-state index in [0.717, 1.165) is 4.90 Å². The predicted octanol–water partition coefficient (Wildman–Crippen LogP) is 4.07. The first-order valence-corrected chi connectivity index (χ1v) is 7.09. The van der Waals surface area contributed by atoms with Crippen LogP contribution in [0.5, 0.6) is 0 Å². The van der Waals surface area contributed by atoms with Crippen molar-refractivity contribution in [3.63, 3.8) is 0 Å². The molecule has 0 saturated heterocycles. The van der Waals surface area contributed by atoms with E-state index in [-0.39, 0.29) is 5.82 Å². The Morgan fingerprint density at radius 2 is 1.41 bits per heavy atom. The molecule has 0 unspecified atom stereocenters. The molecule has 0 N–H and O–H groups in total. The van der Waals surface area contributed by atoms with Crippen LogP contribution in [0.3, 0.4) is 0 Å². The summed E-state index contributed by atoms with van der Waals surface area (Å²) in [5.41, 5.74) is -0.794.